The zero-order chi connectivity index (χ0) is 21.1. The maximum Gasteiger partial charge on any atom is 0.243 e. The van der Waals surface area contributed by atoms with Gasteiger partial charge in [-0.3, -0.25) is 0 Å². The molecule has 3 aromatic rings. The number of nitrogens with zero attached hydrogens (tertiary/aromatic N) is 3. The topological polar surface area (TPSA) is 85.5 Å². The predicted octanol–water partition coefficient (Wildman–Crippen LogP) is 4.36. The normalized spacial score (nSPS) is 17.7. The van der Waals surface area contributed by atoms with E-state index >= 15 is 0 Å². The molecule has 0 saturated carbocycles. The highest BCUT2D eigenvalue weighted by Gasteiger charge is 2.33. The first-order valence-electron chi connectivity index (χ1n) is 9.80. The fraction of sp³-hybridized carbons (Fsp3) is 0.333. The zero-order valence-corrected chi connectivity index (χ0v) is 18.1. The third-order valence-corrected chi connectivity index (χ3v) is 7.18. The molecule has 1 aliphatic rings. The van der Waals surface area contributed by atoms with Crippen molar-refractivity contribution in [2.24, 2.45) is 0 Å². The first kappa shape index (κ1) is 20.8. The summed E-state index contributed by atoms with van der Waals surface area (Å²) in [6, 6.07) is 13.7. The summed E-state index contributed by atoms with van der Waals surface area (Å²) in [5.41, 5.74) is 0.815. The molecule has 0 bridgehead atoms. The summed E-state index contributed by atoms with van der Waals surface area (Å²) in [4.78, 5) is 4.75. The van der Waals surface area contributed by atoms with Crippen molar-refractivity contribution in [2.45, 2.75) is 30.6 Å². The molecule has 0 unspecified atom stereocenters. The van der Waals surface area contributed by atoms with Gasteiger partial charge in [-0.1, -0.05) is 16.8 Å². The van der Waals surface area contributed by atoms with Crippen LogP contribution in [0.4, 0.5) is 0 Å². The van der Waals surface area contributed by atoms with Gasteiger partial charge in [-0.15, -0.1) is 0 Å². The van der Waals surface area contributed by atoms with Gasteiger partial charge in [0.15, 0.2) is 0 Å². The van der Waals surface area contributed by atoms with Crippen LogP contribution in [-0.4, -0.2) is 42.6 Å². The van der Waals surface area contributed by atoms with E-state index in [1.807, 2.05) is 31.2 Å². The van der Waals surface area contributed by atoms with Crippen LogP contribution in [0.1, 0.15) is 31.6 Å². The van der Waals surface area contributed by atoms with Gasteiger partial charge >= 0.3 is 0 Å². The van der Waals surface area contributed by atoms with Crippen molar-refractivity contribution in [1.82, 2.24) is 14.4 Å². The maximum atomic E-state index is 13.0. The van der Waals surface area contributed by atoms with Gasteiger partial charge in [-0.2, -0.15) is 9.29 Å². The van der Waals surface area contributed by atoms with Crippen molar-refractivity contribution in [3.05, 3.63) is 59.4 Å². The molecule has 7 nitrogen and oxygen atoms in total. The Balaban J connectivity index is 1.50. The highest BCUT2D eigenvalue weighted by Crippen LogP contribution is 2.31. The number of hydrogen-bond donors (Lipinski definition) is 0. The first-order chi connectivity index (χ1) is 14.5. The Bertz CT molecular complexity index is 1100. The van der Waals surface area contributed by atoms with E-state index in [-0.39, 0.29) is 10.8 Å². The first-order valence-corrected chi connectivity index (χ1v) is 11.6. The Morgan fingerprint density at radius 2 is 1.90 bits per heavy atom. The molecule has 0 N–H and O–H groups in total. The molecule has 1 aliphatic heterocycles. The van der Waals surface area contributed by atoms with Crippen LogP contribution >= 0.6 is 11.6 Å². The number of aromatic nitrogens is 2. The second-order valence-corrected chi connectivity index (χ2v) is 9.44. The largest absolute Gasteiger partial charge is 0.494 e. The van der Waals surface area contributed by atoms with Crippen molar-refractivity contribution < 1.29 is 17.7 Å². The quantitative estimate of drug-likeness (QED) is 0.558. The summed E-state index contributed by atoms with van der Waals surface area (Å²) < 4.78 is 38.4. The molecule has 9 heteroatoms. The molecule has 4 rings (SSSR count). The molecule has 0 radical (unpaired) electrons. The summed E-state index contributed by atoms with van der Waals surface area (Å²) in [6.07, 6.45) is 1.51. The molecule has 0 aliphatic carbocycles. The van der Waals surface area contributed by atoms with Crippen LogP contribution in [0.3, 0.4) is 0 Å². The molecule has 0 amide bonds. The zero-order valence-electron chi connectivity index (χ0n) is 16.5. The van der Waals surface area contributed by atoms with Crippen LogP contribution in [0.5, 0.6) is 5.75 Å². The SMILES string of the molecule is CCOc1ccc(-c2noc([C@H]3CCCN(S(=O)(=O)c4ccc(Cl)cc4)C3)n2)cc1. The second-order valence-electron chi connectivity index (χ2n) is 7.07. The molecule has 2 aromatic carbocycles. The summed E-state index contributed by atoms with van der Waals surface area (Å²) in [6.45, 7) is 3.29. The Labute approximate surface area is 180 Å². The van der Waals surface area contributed by atoms with Gasteiger partial charge in [0.05, 0.1) is 17.4 Å². The molecular formula is C21H22ClN3O4S. The van der Waals surface area contributed by atoms with Crippen LogP contribution in [0, 0.1) is 0 Å². The number of benzene rings is 2. The summed E-state index contributed by atoms with van der Waals surface area (Å²) in [5, 5.41) is 4.58. The predicted molar refractivity (Wildman–Crippen MR) is 113 cm³/mol. The van der Waals surface area contributed by atoms with Crippen molar-refractivity contribution in [2.75, 3.05) is 19.7 Å². The van der Waals surface area contributed by atoms with E-state index in [1.165, 1.54) is 16.4 Å². The number of halogens is 1. The number of rotatable bonds is 6. The summed E-state index contributed by atoms with van der Waals surface area (Å²) in [7, 11) is -3.60. The molecule has 1 saturated heterocycles. The van der Waals surface area contributed by atoms with Gasteiger partial charge < -0.3 is 9.26 Å². The fourth-order valence-corrected chi connectivity index (χ4v) is 5.15. The van der Waals surface area contributed by atoms with Gasteiger partial charge in [0.25, 0.3) is 0 Å². The van der Waals surface area contributed by atoms with Crippen LogP contribution in [0.2, 0.25) is 5.02 Å². The third kappa shape index (κ3) is 4.35. The number of sulfonamides is 1. The van der Waals surface area contributed by atoms with Gasteiger partial charge in [0, 0.05) is 23.7 Å². The Morgan fingerprint density at radius 3 is 2.60 bits per heavy atom. The van der Waals surface area contributed by atoms with Crippen molar-refractivity contribution in [3.63, 3.8) is 0 Å². The van der Waals surface area contributed by atoms with Crippen molar-refractivity contribution >= 4 is 21.6 Å². The Kier molecular flexibility index (Phi) is 6.08. The van der Waals surface area contributed by atoms with E-state index in [2.05, 4.69) is 10.1 Å². The van der Waals surface area contributed by atoms with Crippen LogP contribution in [0.25, 0.3) is 11.4 Å². The van der Waals surface area contributed by atoms with Crippen LogP contribution < -0.4 is 4.74 Å². The van der Waals surface area contributed by atoms with Gasteiger partial charge in [0.1, 0.15) is 5.75 Å². The van der Waals surface area contributed by atoms with E-state index < -0.39 is 10.0 Å². The molecule has 2 heterocycles. The molecule has 1 atom stereocenters. The lowest BCUT2D eigenvalue weighted by Gasteiger charge is -2.30. The lowest BCUT2D eigenvalue weighted by Crippen LogP contribution is -2.39. The third-order valence-electron chi connectivity index (χ3n) is 5.05. The molecule has 1 fully saturated rings. The standard InChI is InChI=1S/C21H22ClN3O4S/c1-2-28-18-9-5-15(6-10-18)20-23-21(29-24-20)16-4-3-13-25(14-16)30(26,27)19-11-7-17(22)8-12-19/h5-12,16H,2-4,13-14H2,1H3/t16-/m0/s1. The second kappa shape index (κ2) is 8.75. The minimum atomic E-state index is -3.60. The van der Waals surface area contributed by atoms with E-state index in [1.54, 1.807) is 12.1 Å². The minimum absolute atomic E-state index is 0.148. The average molecular weight is 448 g/mol. The fourth-order valence-electron chi connectivity index (χ4n) is 3.50. The minimum Gasteiger partial charge on any atom is -0.494 e. The molecular weight excluding hydrogens is 426 g/mol. The van der Waals surface area contributed by atoms with Crippen LogP contribution in [-0.2, 0) is 10.0 Å². The monoisotopic (exact) mass is 447 g/mol. The van der Waals surface area contributed by atoms with Gasteiger partial charge in [-0.25, -0.2) is 8.42 Å². The number of piperidine rings is 1. The van der Waals surface area contributed by atoms with Crippen molar-refractivity contribution in [1.29, 1.82) is 0 Å². The van der Waals surface area contributed by atoms with Crippen LogP contribution in [0.15, 0.2) is 57.9 Å². The number of hydrogen-bond acceptors (Lipinski definition) is 6. The van der Waals surface area contributed by atoms with Crippen molar-refractivity contribution in [3.8, 4) is 17.1 Å². The summed E-state index contributed by atoms with van der Waals surface area (Å²) in [5.74, 6) is 1.56. The smallest absolute Gasteiger partial charge is 0.243 e. The highest BCUT2D eigenvalue weighted by molar-refractivity contribution is 7.89. The maximum absolute atomic E-state index is 13.0. The van der Waals surface area contributed by atoms with Gasteiger partial charge in [0.2, 0.25) is 21.7 Å². The Morgan fingerprint density at radius 1 is 1.17 bits per heavy atom. The molecule has 0 spiro atoms. The van der Waals surface area contributed by atoms with Gasteiger partial charge in [-0.05, 0) is 68.3 Å². The molecule has 30 heavy (non-hydrogen) atoms. The highest BCUT2D eigenvalue weighted by atomic mass is 35.5. The summed E-state index contributed by atoms with van der Waals surface area (Å²) >= 11 is 5.88. The molecule has 158 valence electrons. The van der Waals surface area contributed by atoms with E-state index in [4.69, 9.17) is 20.9 Å². The average Bonchev–Trinajstić information content (AvgIpc) is 3.25. The van der Waals surface area contributed by atoms with E-state index in [0.717, 1.165) is 24.2 Å². The lowest BCUT2D eigenvalue weighted by atomic mass is 10.00. The number of ether oxygens (including phenoxy) is 1. The molecule has 1 aromatic heterocycles. The lowest BCUT2D eigenvalue weighted by molar-refractivity contribution is 0.265. The Hall–Kier alpha value is -2.42. The van der Waals surface area contributed by atoms with E-state index in [9.17, 15) is 8.42 Å². The van der Waals surface area contributed by atoms with E-state index in [0.29, 0.717) is 36.4 Å².